The monoisotopic (exact) mass is 365 g/mol. The molecule has 3 aromatic carbocycles. The molecular weight excluding hydrogens is 350 g/mol. The topological polar surface area (TPSA) is 20.3 Å². The van der Waals surface area contributed by atoms with E-state index in [1.54, 1.807) is 4.90 Å². The highest BCUT2D eigenvalue weighted by Gasteiger charge is 2.18. The molecule has 0 radical (unpaired) electrons. The van der Waals surface area contributed by atoms with Crippen molar-refractivity contribution in [2.75, 3.05) is 4.90 Å². The number of benzene rings is 3. The molecule has 1 amide bonds. The molecule has 0 saturated heterocycles. The van der Waals surface area contributed by atoms with Gasteiger partial charge < -0.3 is 4.90 Å². The predicted molar refractivity (Wildman–Crippen MR) is 97.5 cm³/mol. The normalized spacial score (nSPS) is 10.3. The van der Waals surface area contributed by atoms with Gasteiger partial charge in [-0.15, -0.1) is 0 Å². The van der Waals surface area contributed by atoms with E-state index in [1.807, 2.05) is 84.9 Å². The molecule has 0 aliphatic carbocycles. The molecule has 23 heavy (non-hydrogen) atoms. The lowest BCUT2D eigenvalue weighted by molar-refractivity contribution is 0.0985. The minimum absolute atomic E-state index is 0.0126. The average molecular weight is 366 g/mol. The first-order chi connectivity index (χ1) is 11.2. The lowest BCUT2D eigenvalue weighted by Gasteiger charge is -2.23. The summed E-state index contributed by atoms with van der Waals surface area (Å²) in [6, 6.07) is 27.3. The SMILES string of the molecule is O=C(c1cccc(Br)c1)N(Cc1ccccc1)c1ccccc1. The third-order valence-corrected chi connectivity index (χ3v) is 4.06. The van der Waals surface area contributed by atoms with Gasteiger partial charge in [0, 0.05) is 15.7 Å². The van der Waals surface area contributed by atoms with E-state index in [1.165, 1.54) is 0 Å². The maximum atomic E-state index is 13.0. The van der Waals surface area contributed by atoms with Crippen molar-refractivity contribution in [2.45, 2.75) is 6.54 Å². The predicted octanol–water partition coefficient (Wildman–Crippen LogP) is 5.30. The van der Waals surface area contributed by atoms with Crippen molar-refractivity contribution in [3.05, 3.63) is 101 Å². The Kier molecular flexibility index (Phi) is 4.89. The highest BCUT2D eigenvalue weighted by atomic mass is 79.9. The molecule has 0 fully saturated rings. The Hall–Kier alpha value is -2.39. The van der Waals surface area contributed by atoms with Gasteiger partial charge >= 0.3 is 0 Å². The van der Waals surface area contributed by atoms with Gasteiger partial charge in [0.25, 0.3) is 5.91 Å². The summed E-state index contributed by atoms with van der Waals surface area (Å²) >= 11 is 3.43. The summed E-state index contributed by atoms with van der Waals surface area (Å²) in [7, 11) is 0. The van der Waals surface area contributed by atoms with Crippen LogP contribution in [-0.4, -0.2) is 5.91 Å². The number of rotatable bonds is 4. The molecule has 0 aliphatic heterocycles. The van der Waals surface area contributed by atoms with Crippen molar-refractivity contribution in [1.29, 1.82) is 0 Å². The summed E-state index contributed by atoms with van der Waals surface area (Å²) in [6.07, 6.45) is 0. The van der Waals surface area contributed by atoms with Gasteiger partial charge in [0.05, 0.1) is 6.54 Å². The number of amides is 1. The minimum atomic E-state index is -0.0126. The van der Waals surface area contributed by atoms with Gasteiger partial charge in [-0.05, 0) is 35.9 Å². The van der Waals surface area contributed by atoms with Crippen molar-refractivity contribution in [3.8, 4) is 0 Å². The fourth-order valence-electron chi connectivity index (χ4n) is 2.43. The Morgan fingerprint density at radius 1 is 0.826 bits per heavy atom. The van der Waals surface area contributed by atoms with E-state index in [2.05, 4.69) is 15.9 Å². The largest absolute Gasteiger partial charge is 0.304 e. The van der Waals surface area contributed by atoms with E-state index in [-0.39, 0.29) is 5.91 Å². The quantitative estimate of drug-likeness (QED) is 0.614. The van der Waals surface area contributed by atoms with Crippen LogP contribution in [-0.2, 0) is 6.54 Å². The minimum Gasteiger partial charge on any atom is -0.304 e. The molecule has 0 saturated carbocycles. The van der Waals surface area contributed by atoms with Crippen molar-refractivity contribution >= 4 is 27.5 Å². The van der Waals surface area contributed by atoms with Gasteiger partial charge in [-0.3, -0.25) is 4.79 Å². The molecule has 3 aromatic rings. The first-order valence-corrected chi connectivity index (χ1v) is 8.20. The van der Waals surface area contributed by atoms with E-state index < -0.39 is 0 Å². The first-order valence-electron chi connectivity index (χ1n) is 7.40. The lowest BCUT2D eigenvalue weighted by atomic mass is 10.1. The number of hydrogen-bond donors (Lipinski definition) is 0. The van der Waals surface area contributed by atoms with Crippen LogP contribution in [0.5, 0.6) is 0 Å². The highest BCUT2D eigenvalue weighted by Crippen LogP contribution is 2.21. The summed E-state index contributed by atoms with van der Waals surface area (Å²) in [5.74, 6) is -0.0126. The Morgan fingerprint density at radius 2 is 1.48 bits per heavy atom. The highest BCUT2D eigenvalue weighted by molar-refractivity contribution is 9.10. The molecule has 114 valence electrons. The van der Waals surface area contributed by atoms with E-state index in [9.17, 15) is 4.79 Å². The molecule has 3 rings (SSSR count). The van der Waals surface area contributed by atoms with E-state index in [0.29, 0.717) is 12.1 Å². The smallest absolute Gasteiger partial charge is 0.258 e. The number of carbonyl (C=O) groups excluding carboxylic acids is 1. The summed E-state index contributed by atoms with van der Waals surface area (Å²) in [5, 5.41) is 0. The zero-order valence-corrected chi connectivity index (χ0v) is 14.1. The molecule has 0 unspecified atom stereocenters. The van der Waals surface area contributed by atoms with Crippen LogP contribution in [0.25, 0.3) is 0 Å². The van der Waals surface area contributed by atoms with Crippen LogP contribution in [0.2, 0.25) is 0 Å². The Morgan fingerprint density at radius 3 is 2.13 bits per heavy atom. The Balaban J connectivity index is 1.96. The summed E-state index contributed by atoms with van der Waals surface area (Å²) in [4.78, 5) is 14.8. The van der Waals surface area contributed by atoms with E-state index >= 15 is 0 Å². The van der Waals surface area contributed by atoms with E-state index in [0.717, 1.165) is 15.7 Å². The van der Waals surface area contributed by atoms with Crippen LogP contribution in [0, 0.1) is 0 Å². The molecule has 0 aromatic heterocycles. The number of para-hydroxylation sites is 1. The Labute approximate surface area is 144 Å². The second-order valence-electron chi connectivity index (χ2n) is 5.22. The van der Waals surface area contributed by atoms with Crippen molar-refractivity contribution < 1.29 is 4.79 Å². The van der Waals surface area contributed by atoms with Crippen molar-refractivity contribution in [1.82, 2.24) is 0 Å². The fourth-order valence-corrected chi connectivity index (χ4v) is 2.83. The second-order valence-corrected chi connectivity index (χ2v) is 6.14. The molecule has 0 spiro atoms. The van der Waals surface area contributed by atoms with Crippen LogP contribution < -0.4 is 4.90 Å². The molecular formula is C20H16BrNO. The zero-order valence-electron chi connectivity index (χ0n) is 12.5. The van der Waals surface area contributed by atoms with Gasteiger partial charge in [0.2, 0.25) is 0 Å². The maximum Gasteiger partial charge on any atom is 0.258 e. The first kappa shape index (κ1) is 15.5. The molecule has 0 atom stereocenters. The van der Waals surface area contributed by atoms with Crippen LogP contribution >= 0.6 is 15.9 Å². The molecule has 3 heteroatoms. The molecule has 0 aliphatic rings. The number of hydrogen-bond acceptors (Lipinski definition) is 1. The lowest BCUT2D eigenvalue weighted by Crippen LogP contribution is -2.30. The standard InChI is InChI=1S/C20H16BrNO/c21-18-11-7-10-17(14-18)20(23)22(19-12-5-2-6-13-19)15-16-8-3-1-4-9-16/h1-14H,15H2. The third kappa shape index (κ3) is 3.88. The van der Waals surface area contributed by atoms with Gasteiger partial charge in [-0.1, -0.05) is 70.5 Å². The summed E-state index contributed by atoms with van der Waals surface area (Å²) in [6.45, 7) is 0.538. The number of anilines is 1. The number of carbonyl (C=O) groups is 1. The molecule has 2 nitrogen and oxygen atoms in total. The molecule has 0 heterocycles. The van der Waals surface area contributed by atoms with Crippen LogP contribution in [0.15, 0.2) is 89.4 Å². The zero-order chi connectivity index (χ0) is 16.1. The molecule has 0 N–H and O–H groups in total. The van der Waals surface area contributed by atoms with Gasteiger partial charge in [-0.2, -0.15) is 0 Å². The van der Waals surface area contributed by atoms with Gasteiger partial charge in [-0.25, -0.2) is 0 Å². The second kappa shape index (κ2) is 7.25. The number of nitrogens with zero attached hydrogens (tertiary/aromatic N) is 1. The summed E-state index contributed by atoms with van der Waals surface area (Å²) < 4.78 is 0.899. The number of halogens is 1. The van der Waals surface area contributed by atoms with Crippen LogP contribution in [0.4, 0.5) is 5.69 Å². The van der Waals surface area contributed by atoms with Crippen molar-refractivity contribution in [3.63, 3.8) is 0 Å². The average Bonchev–Trinajstić information content (AvgIpc) is 2.61. The van der Waals surface area contributed by atoms with Crippen LogP contribution in [0.1, 0.15) is 15.9 Å². The molecule has 0 bridgehead atoms. The summed E-state index contributed by atoms with van der Waals surface area (Å²) in [5.41, 5.74) is 2.65. The van der Waals surface area contributed by atoms with Gasteiger partial charge in [0.1, 0.15) is 0 Å². The maximum absolute atomic E-state index is 13.0. The third-order valence-electron chi connectivity index (χ3n) is 3.57. The van der Waals surface area contributed by atoms with Crippen LogP contribution in [0.3, 0.4) is 0 Å². The van der Waals surface area contributed by atoms with Crippen molar-refractivity contribution in [2.24, 2.45) is 0 Å². The van der Waals surface area contributed by atoms with Gasteiger partial charge in [0.15, 0.2) is 0 Å². The van der Waals surface area contributed by atoms with E-state index in [4.69, 9.17) is 0 Å². The Bertz CT molecular complexity index is 787. The fraction of sp³-hybridized carbons (Fsp3) is 0.0500.